The van der Waals surface area contributed by atoms with Crippen LogP contribution in [0.1, 0.15) is 5.56 Å². The Hall–Kier alpha value is -4.09. The second kappa shape index (κ2) is 10.0. The van der Waals surface area contributed by atoms with Gasteiger partial charge in [-0.15, -0.1) is 5.10 Å². The van der Waals surface area contributed by atoms with Crippen LogP contribution in [0.25, 0.3) is 5.82 Å². The third-order valence-electron chi connectivity index (χ3n) is 4.05. The standard InChI is InChI=1S/C20H13Cl2FN8O2/c21-13-2-1-12(16(22)7-13)10-25-28-20(32)27-14-3-4-18(17(23)8-14)33-15-5-6-24-19(9-15)31-11-26-29-30-31/h1-11H,(H2,27,28,32)/b25-10+. The molecule has 0 fully saturated rings. The molecule has 166 valence electrons. The molecule has 0 unspecified atom stereocenters. The topological polar surface area (TPSA) is 119 Å². The van der Waals surface area contributed by atoms with Crippen LogP contribution in [0.2, 0.25) is 10.0 Å². The number of rotatable bonds is 6. The molecule has 33 heavy (non-hydrogen) atoms. The molecule has 2 heterocycles. The molecule has 2 amide bonds. The summed E-state index contributed by atoms with van der Waals surface area (Å²) in [5.41, 5.74) is 3.02. The van der Waals surface area contributed by atoms with Crippen LogP contribution < -0.4 is 15.5 Å². The van der Waals surface area contributed by atoms with Crippen molar-refractivity contribution in [3.63, 3.8) is 0 Å². The maximum atomic E-state index is 14.5. The van der Waals surface area contributed by atoms with Gasteiger partial charge in [0, 0.05) is 34.6 Å². The van der Waals surface area contributed by atoms with Gasteiger partial charge in [-0.3, -0.25) is 0 Å². The number of amides is 2. The van der Waals surface area contributed by atoms with Gasteiger partial charge in [-0.2, -0.15) is 9.78 Å². The highest BCUT2D eigenvalue weighted by atomic mass is 35.5. The van der Waals surface area contributed by atoms with Crippen LogP contribution in [0.5, 0.6) is 11.5 Å². The van der Waals surface area contributed by atoms with Crippen molar-refractivity contribution in [1.29, 1.82) is 0 Å². The lowest BCUT2D eigenvalue weighted by Gasteiger charge is -2.10. The molecule has 2 N–H and O–H groups in total. The monoisotopic (exact) mass is 486 g/mol. The third kappa shape index (κ3) is 5.79. The highest BCUT2D eigenvalue weighted by Crippen LogP contribution is 2.27. The van der Waals surface area contributed by atoms with Gasteiger partial charge in [-0.05, 0) is 40.8 Å². The Morgan fingerprint density at radius 1 is 1.15 bits per heavy atom. The molecule has 0 atom stereocenters. The summed E-state index contributed by atoms with van der Waals surface area (Å²) in [6, 6.07) is 11.2. The second-order valence-corrected chi connectivity index (χ2v) is 7.18. The molecule has 0 saturated heterocycles. The Kier molecular flexibility index (Phi) is 6.72. The first-order chi connectivity index (χ1) is 16.0. The van der Waals surface area contributed by atoms with Crippen molar-refractivity contribution < 1.29 is 13.9 Å². The summed E-state index contributed by atoms with van der Waals surface area (Å²) in [6.45, 7) is 0. The molecule has 0 aliphatic rings. The molecule has 2 aromatic heterocycles. The number of urea groups is 1. The second-order valence-electron chi connectivity index (χ2n) is 6.34. The first-order valence-corrected chi connectivity index (χ1v) is 9.95. The molecular weight excluding hydrogens is 474 g/mol. The number of hydrogen-bond acceptors (Lipinski definition) is 7. The Labute approximate surface area is 196 Å². The normalized spacial score (nSPS) is 10.9. The van der Waals surface area contributed by atoms with Crippen molar-refractivity contribution >= 4 is 41.1 Å². The first-order valence-electron chi connectivity index (χ1n) is 9.20. The van der Waals surface area contributed by atoms with Gasteiger partial charge in [-0.1, -0.05) is 29.3 Å². The van der Waals surface area contributed by atoms with Gasteiger partial charge in [0.25, 0.3) is 0 Å². The van der Waals surface area contributed by atoms with Crippen LogP contribution >= 0.6 is 23.2 Å². The number of pyridine rings is 1. The summed E-state index contributed by atoms with van der Waals surface area (Å²) in [5.74, 6) is -0.0217. The van der Waals surface area contributed by atoms with Crippen molar-refractivity contribution in [1.82, 2.24) is 30.6 Å². The quantitative estimate of drug-likeness (QED) is 0.306. The first kappa shape index (κ1) is 22.1. The molecule has 0 aliphatic carbocycles. The number of aromatic nitrogens is 5. The fourth-order valence-electron chi connectivity index (χ4n) is 2.57. The third-order valence-corrected chi connectivity index (χ3v) is 4.61. The van der Waals surface area contributed by atoms with E-state index < -0.39 is 11.8 Å². The van der Waals surface area contributed by atoms with Crippen LogP contribution in [0.3, 0.4) is 0 Å². The predicted octanol–water partition coefficient (Wildman–Crippen LogP) is 4.45. The minimum absolute atomic E-state index is 0.0507. The number of carbonyl (C=O) groups excluding carboxylic acids is 1. The fraction of sp³-hybridized carbons (Fsp3) is 0. The number of anilines is 1. The Bertz CT molecular complexity index is 1320. The van der Waals surface area contributed by atoms with Crippen LogP contribution in [-0.2, 0) is 0 Å². The molecule has 4 aromatic rings. The lowest BCUT2D eigenvalue weighted by Crippen LogP contribution is -2.24. The van der Waals surface area contributed by atoms with Crippen molar-refractivity contribution in [2.45, 2.75) is 0 Å². The van der Waals surface area contributed by atoms with Gasteiger partial charge in [0.05, 0.1) is 11.2 Å². The minimum atomic E-state index is -0.690. The van der Waals surface area contributed by atoms with E-state index in [2.05, 4.69) is 36.4 Å². The molecular formula is C20H13Cl2FN8O2. The van der Waals surface area contributed by atoms with Crippen LogP contribution in [-0.4, -0.2) is 37.4 Å². The number of tetrazole rings is 1. The van der Waals surface area contributed by atoms with E-state index in [-0.39, 0.29) is 11.4 Å². The number of nitrogens with zero attached hydrogens (tertiary/aromatic N) is 6. The minimum Gasteiger partial charge on any atom is -0.454 e. The number of hydrazone groups is 1. The molecule has 0 aliphatic heterocycles. The van der Waals surface area contributed by atoms with Gasteiger partial charge in [0.1, 0.15) is 12.1 Å². The van der Waals surface area contributed by atoms with Gasteiger partial charge in [-0.25, -0.2) is 19.6 Å². The molecule has 0 spiro atoms. The number of benzene rings is 2. The van der Waals surface area contributed by atoms with Crippen LogP contribution in [0.4, 0.5) is 14.9 Å². The van der Waals surface area contributed by atoms with Gasteiger partial charge < -0.3 is 10.1 Å². The molecule has 0 radical (unpaired) electrons. The van der Waals surface area contributed by atoms with Gasteiger partial charge in [0.2, 0.25) is 0 Å². The largest absolute Gasteiger partial charge is 0.454 e. The molecule has 0 bridgehead atoms. The molecule has 4 rings (SSSR count). The fourth-order valence-corrected chi connectivity index (χ4v) is 3.03. The van der Waals surface area contributed by atoms with Gasteiger partial charge >= 0.3 is 6.03 Å². The zero-order chi connectivity index (χ0) is 23.2. The van der Waals surface area contributed by atoms with Crippen LogP contribution in [0.15, 0.2) is 66.2 Å². The lowest BCUT2D eigenvalue weighted by molar-refractivity contribution is 0.252. The highest BCUT2D eigenvalue weighted by molar-refractivity contribution is 6.36. The average Bonchev–Trinajstić information content (AvgIpc) is 3.32. The highest BCUT2D eigenvalue weighted by Gasteiger charge is 2.10. The van der Waals surface area contributed by atoms with E-state index >= 15 is 0 Å². The van der Waals surface area contributed by atoms with E-state index in [1.165, 1.54) is 35.6 Å². The van der Waals surface area contributed by atoms with E-state index in [9.17, 15) is 9.18 Å². The van der Waals surface area contributed by atoms with Crippen molar-refractivity contribution in [2.24, 2.45) is 5.10 Å². The molecule has 0 saturated carbocycles. The summed E-state index contributed by atoms with van der Waals surface area (Å²) in [5, 5.41) is 17.9. The molecule has 10 nitrogen and oxygen atoms in total. The van der Waals surface area contributed by atoms with E-state index in [1.807, 2.05) is 0 Å². The summed E-state index contributed by atoms with van der Waals surface area (Å²) in [4.78, 5) is 16.1. The number of ether oxygens (including phenoxy) is 1. The van der Waals surface area contributed by atoms with E-state index in [0.29, 0.717) is 27.2 Å². The summed E-state index contributed by atoms with van der Waals surface area (Å²) in [6.07, 6.45) is 4.20. The SMILES string of the molecule is O=C(N/N=C/c1ccc(Cl)cc1Cl)Nc1ccc(Oc2ccnc(-n3cnnn3)c2)c(F)c1. The number of hydrogen-bond donors (Lipinski definition) is 2. The number of halogens is 3. The van der Waals surface area contributed by atoms with Crippen molar-refractivity contribution in [2.75, 3.05) is 5.32 Å². The Balaban J connectivity index is 1.37. The zero-order valence-corrected chi connectivity index (χ0v) is 18.0. The van der Waals surface area contributed by atoms with Crippen molar-refractivity contribution in [3.8, 4) is 17.3 Å². The van der Waals surface area contributed by atoms with E-state index in [1.54, 1.807) is 30.3 Å². The smallest absolute Gasteiger partial charge is 0.339 e. The number of nitrogens with one attached hydrogen (secondary N) is 2. The maximum absolute atomic E-state index is 14.5. The van der Waals surface area contributed by atoms with E-state index in [0.717, 1.165) is 6.07 Å². The van der Waals surface area contributed by atoms with Crippen molar-refractivity contribution in [3.05, 3.63) is 82.5 Å². The molecule has 2 aromatic carbocycles. The average molecular weight is 487 g/mol. The Morgan fingerprint density at radius 2 is 2.03 bits per heavy atom. The van der Waals surface area contributed by atoms with Gasteiger partial charge in [0.15, 0.2) is 17.4 Å². The Morgan fingerprint density at radius 3 is 2.79 bits per heavy atom. The summed E-state index contributed by atoms with van der Waals surface area (Å²) in [7, 11) is 0. The summed E-state index contributed by atoms with van der Waals surface area (Å²) < 4.78 is 21.4. The predicted molar refractivity (Wildman–Crippen MR) is 120 cm³/mol. The summed E-state index contributed by atoms with van der Waals surface area (Å²) >= 11 is 11.9. The zero-order valence-electron chi connectivity index (χ0n) is 16.5. The van der Waals surface area contributed by atoms with Crippen LogP contribution in [0, 0.1) is 5.82 Å². The van der Waals surface area contributed by atoms with E-state index in [4.69, 9.17) is 27.9 Å². The number of carbonyl (C=O) groups is 1. The molecule has 13 heteroatoms. The maximum Gasteiger partial charge on any atom is 0.339 e. The lowest BCUT2D eigenvalue weighted by atomic mass is 10.2.